The molecule has 14 nitrogen and oxygen atoms in total. The van der Waals surface area contributed by atoms with Crippen LogP contribution in [0.25, 0.3) is 0 Å². The fourth-order valence-electron chi connectivity index (χ4n) is 12.6. The van der Waals surface area contributed by atoms with Gasteiger partial charge in [0.1, 0.15) is 12.1 Å². The molecule has 0 bridgehead atoms. The lowest BCUT2D eigenvalue weighted by atomic mass is 9.87. The molecule has 0 unspecified atom stereocenters. The number of amides is 3. The van der Waals surface area contributed by atoms with E-state index in [2.05, 4.69) is 482 Å². The Balaban J connectivity index is -0.000000269. The smallest absolute Gasteiger partial charge is 0.303 e. The van der Waals surface area contributed by atoms with E-state index < -0.39 is 35.8 Å². The molecule has 10 rings (SSSR count). The highest BCUT2D eigenvalue weighted by molar-refractivity contribution is 5.91. The Morgan fingerprint density at radius 2 is 0.570 bits per heavy atom. The van der Waals surface area contributed by atoms with Crippen LogP contribution >= 0.6 is 0 Å². The first-order valence-corrected chi connectivity index (χ1v) is 48.4. The Labute approximate surface area is 826 Å². The summed E-state index contributed by atoms with van der Waals surface area (Å²) in [5, 5.41) is 13.4. The lowest BCUT2D eigenvalue weighted by molar-refractivity contribution is -0.137. The lowest BCUT2D eigenvalue weighted by Crippen LogP contribution is -2.51. The minimum atomic E-state index is -0.997. The Morgan fingerprint density at radius 3 is 0.756 bits per heavy atom. The van der Waals surface area contributed by atoms with E-state index in [0.29, 0.717) is 62.6 Å². The van der Waals surface area contributed by atoms with Crippen molar-refractivity contribution >= 4 is 29.7 Å². The van der Waals surface area contributed by atoms with Gasteiger partial charge in [0.25, 0.3) is 0 Å². The minimum Gasteiger partial charge on any atom is -0.481 e. The van der Waals surface area contributed by atoms with Crippen LogP contribution in [0.1, 0.15) is 351 Å². The van der Waals surface area contributed by atoms with Gasteiger partial charge in [0.15, 0.2) is 5.96 Å². The number of benzene rings is 10. The maximum atomic E-state index is 12.0. The predicted octanol–water partition coefficient (Wildman–Crippen LogP) is 32.0. The molecule has 0 saturated carbocycles. The molecule has 0 aliphatic heterocycles. The number of carbonyl (C=O) groups excluding carboxylic acids is 3. The average molecular weight is 1860 g/mol. The van der Waals surface area contributed by atoms with E-state index in [1.807, 2.05) is 59.7 Å². The van der Waals surface area contributed by atoms with Crippen LogP contribution in [0, 0.1) is 30.1 Å². The molecule has 10 aromatic carbocycles. The highest BCUT2D eigenvalue weighted by Crippen LogP contribution is 2.27. The van der Waals surface area contributed by atoms with Crippen LogP contribution in [0.3, 0.4) is 0 Å². The number of primary amides is 1. The Kier molecular flexibility index (Phi) is 78.7. The number of rotatable bonds is 19. The van der Waals surface area contributed by atoms with Crippen LogP contribution in [-0.2, 0) is 54.7 Å². The molecule has 10 aromatic rings. The summed E-state index contributed by atoms with van der Waals surface area (Å²) in [6, 6.07) is 99.8. The van der Waals surface area contributed by atoms with E-state index in [4.69, 9.17) is 22.3 Å². The van der Waals surface area contributed by atoms with Crippen LogP contribution in [0.5, 0.6) is 0 Å². The summed E-state index contributed by atoms with van der Waals surface area (Å²) in [5.74, 6) is -0.176. The van der Waals surface area contributed by atoms with Crippen molar-refractivity contribution in [3.63, 3.8) is 0 Å². The number of hydrogen-bond donors (Lipinski definition) is 9. The van der Waals surface area contributed by atoms with Gasteiger partial charge in [-0.15, -0.1) is 0 Å². The maximum absolute atomic E-state index is 12.0. The fourth-order valence-corrected chi connectivity index (χ4v) is 12.6. The Bertz CT molecular complexity index is 4100. The van der Waals surface area contributed by atoms with E-state index in [1.54, 1.807) is 0 Å². The van der Waals surface area contributed by atoms with Crippen LogP contribution < -0.4 is 46.3 Å². The molecule has 0 saturated heterocycles. The molecule has 18 N–H and O–H groups in total. The molecule has 0 radical (unpaired) electrons. The van der Waals surface area contributed by atoms with Gasteiger partial charge in [-0.2, -0.15) is 0 Å². The lowest BCUT2D eigenvalue weighted by Gasteiger charge is -2.19. The van der Waals surface area contributed by atoms with Gasteiger partial charge >= 0.3 is 5.97 Å². The second kappa shape index (κ2) is 77.4. The van der Waals surface area contributed by atoms with Gasteiger partial charge in [0.2, 0.25) is 17.7 Å². The molecule has 0 spiro atoms. The molecule has 135 heavy (non-hydrogen) atoms. The number of aliphatic carboxylic acids is 1. The molecule has 0 fully saturated rings. The highest BCUT2D eigenvalue weighted by Gasteiger charge is 2.23. The van der Waals surface area contributed by atoms with E-state index in [-0.39, 0.29) is 56.6 Å². The van der Waals surface area contributed by atoms with Crippen molar-refractivity contribution in [1.82, 2.24) is 29.1 Å². The van der Waals surface area contributed by atoms with Crippen molar-refractivity contribution < 1.29 is 24.3 Å². The van der Waals surface area contributed by atoms with Crippen molar-refractivity contribution in [3.05, 3.63) is 358 Å². The summed E-state index contributed by atoms with van der Waals surface area (Å²) in [6.07, 6.45) is 4.19. The third kappa shape index (κ3) is 77.1. The number of nitrogens with two attached hydrogens (primary N) is 3. The first-order valence-electron chi connectivity index (χ1n) is 48.4. The monoisotopic (exact) mass is 1850 g/mol. The van der Waals surface area contributed by atoms with Crippen LogP contribution in [-0.4, -0.2) is 53.4 Å². The normalized spacial score (nSPS) is 10.7. The van der Waals surface area contributed by atoms with Crippen LogP contribution in [0.15, 0.2) is 296 Å². The van der Waals surface area contributed by atoms with Crippen molar-refractivity contribution in [2.45, 2.75) is 346 Å². The van der Waals surface area contributed by atoms with E-state index in [0.717, 1.165) is 19.3 Å². The second-order valence-electron chi connectivity index (χ2n) is 40.1. The Hall–Kier alpha value is -10.8. The highest BCUT2D eigenvalue weighted by atomic mass is 16.4. The number of hydrogen-bond acceptors (Lipinski definition) is 8. The molecular formula is C121H195N9O5. The van der Waals surface area contributed by atoms with E-state index in [9.17, 15) is 19.2 Å². The van der Waals surface area contributed by atoms with Crippen molar-refractivity contribution in [2.24, 2.45) is 38.4 Å². The van der Waals surface area contributed by atoms with E-state index >= 15 is 0 Å². The third-order valence-corrected chi connectivity index (χ3v) is 19.3. The molecule has 14 heteroatoms. The van der Waals surface area contributed by atoms with Crippen molar-refractivity contribution in [2.75, 3.05) is 6.54 Å². The summed E-state index contributed by atoms with van der Waals surface area (Å²) in [5.41, 5.74) is 34.8. The SMILES string of the molecule is CC.CC.CC.CC(C)(C)Cc1ccccc1.CC(C)(C)Cc1ccccc1.CC(C)(C)Cc1ccccc1.CC(C)(C)c1ccccc1.CC(C)(C)c1ccccc1.CC(C)(C)c1ccccc1.CC(C)c1ccccc1.CC(C)c1ccccc1.CC(C)c1ccccc1.C[C@@H](NC(=O)CCCC(=O)O)C(=O)N[C@H](CCCN=C(N)N)C(N)=O.Cc1cccc(C)c1C(C)C.N.N.N. The van der Waals surface area contributed by atoms with Crippen molar-refractivity contribution in [3.8, 4) is 0 Å². The summed E-state index contributed by atoms with van der Waals surface area (Å²) in [6.45, 7) is 76.2. The van der Waals surface area contributed by atoms with Gasteiger partial charge in [0, 0.05) is 19.4 Å². The maximum Gasteiger partial charge on any atom is 0.303 e. The second-order valence-corrected chi connectivity index (χ2v) is 40.1. The van der Waals surface area contributed by atoms with Crippen molar-refractivity contribution in [1.29, 1.82) is 0 Å². The zero-order valence-corrected chi connectivity index (χ0v) is 91.4. The molecular weight excluding hydrogens is 1660 g/mol. The topological polar surface area (TPSA) is 308 Å². The zero-order valence-electron chi connectivity index (χ0n) is 91.4. The van der Waals surface area contributed by atoms with Gasteiger partial charge in [-0.3, -0.25) is 24.2 Å². The van der Waals surface area contributed by atoms with Gasteiger partial charge < -0.3 is 51.4 Å². The molecule has 0 aromatic heterocycles. The van der Waals surface area contributed by atoms with Gasteiger partial charge in [-0.25, -0.2) is 0 Å². The number of aryl methyl sites for hydroxylation is 2. The van der Waals surface area contributed by atoms with Crippen LogP contribution in [0.4, 0.5) is 0 Å². The van der Waals surface area contributed by atoms with Crippen LogP contribution in [0.2, 0.25) is 0 Å². The minimum absolute atomic E-state index is 0. The zero-order chi connectivity index (χ0) is 102. The number of nitrogens with zero attached hydrogens (tertiary/aromatic N) is 1. The number of carboxylic acids is 1. The molecule has 3 amide bonds. The summed E-state index contributed by atoms with van der Waals surface area (Å²) in [4.78, 5) is 49.2. The molecule has 0 heterocycles. The average Bonchev–Trinajstić information content (AvgIpc) is 0.844. The van der Waals surface area contributed by atoms with Gasteiger partial charge in [0.05, 0.1) is 0 Å². The quantitative estimate of drug-likeness (QED) is 0.0209. The summed E-state index contributed by atoms with van der Waals surface area (Å²) in [7, 11) is 0. The number of guanidine groups is 1. The third-order valence-electron chi connectivity index (χ3n) is 19.3. The molecule has 0 aliphatic carbocycles. The number of nitrogens with one attached hydrogen (secondary N) is 2. The van der Waals surface area contributed by atoms with Gasteiger partial charge in [-0.05, 0) is 182 Å². The Morgan fingerprint density at radius 1 is 0.326 bits per heavy atom. The molecule has 2 atom stereocenters. The summed E-state index contributed by atoms with van der Waals surface area (Å²) >= 11 is 0. The predicted molar refractivity (Wildman–Crippen MR) is 595 cm³/mol. The first kappa shape index (κ1) is 137. The first-order chi connectivity index (χ1) is 61.7. The number of carboxylic acid groups (broad SMARTS) is 1. The summed E-state index contributed by atoms with van der Waals surface area (Å²) < 4.78 is 0. The largest absolute Gasteiger partial charge is 0.481 e. The number of aliphatic imine (C=N–C) groups is 1. The molecule has 754 valence electrons. The molecule has 0 aliphatic rings. The van der Waals surface area contributed by atoms with Gasteiger partial charge in [-0.1, -0.05) is 513 Å². The number of carbonyl (C=O) groups is 4. The fraction of sp³-hybridized carbons (Fsp3) is 0.463. The van der Waals surface area contributed by atoms with E-state index in [1.165, 1.54) is 73.7 Å². The standard InChI is InChI=1S/C14H26N6O5.4C11H16.3C10H14.3C9H12.3C2H6.3H3N/c1-8(19-10(21)5-2-6-11(22)23)13(25)20-9(12(15)24)4-3-7-18-14(16)17;1-8(2)11-9(3)6-5-7-10(11)4;3*1-11(2,3)9-10-7-5-4-6-8-10;3*1-10(2,3)9-7-5-4-6-8-9;3*1-8(2)9-6-4-3-5-7-9;3*1-2;;;/h8-9H,2-7H2,1H3,(H2,15,24)(H,19,21)(H,20,25)(H,22,23)(H4,16,17,18);5-8H,1-4H3;3*4-8H,9H2,1-3H3;3*4-8H,1-3H3;3*3-8H,1-2H3;3*1-2H3;3*1H3/t8-,9-;;;;;;;;;;;;;;;;/m1................/s1.